The molecule has 2 unspecified atom stereocenters. The Hall–Kier alpha value is -2.34. The zero-order valence-electron chi connectivity index (χ0n) is 17.6. The highest BCUT2D eigenvalue weighted by atomic mass is 14.3. The molecule has 2 aromatic rings. The zero-order chi connectivity index (χ0) is 19.9. The number of benzene rings is 2. The quantitative estimate of drug-likeness (QED) is 0.423. The lowest BCUT2D eigenvalue weighted by Crippen LogP contribution is -2.26. The number of hydrogen-bond acceptors (Lipinski definition) is 0. The molecular weight excluding hydrogens is 324 g/mol. The minimum absolute atomic E-state index is 0.00876. The van der Waals surface area contributed by atoms with Gasteiger partial charge in [-0.15, -0.1) is 0 Å². The Morgan fingerprint density at radius 2 is 1.52 bits per heavy atom. The van der Waals surface area contributed by atoms with Crippen LogP contribution < -0.4 is 0 Å². The third-order valence-corrected chi connectivity index (χ3v) is 6.24. The summed E-state index contributed by atoms with van der Waals surface area (Å²) < 4.78 is 0. The third-order valence-electron chi connectivity index (χ3n) is 6.24. The van der Waals surface area contributed by atoms with E-state index in [4.69, 9.17) is 0 Å². The molecule has 0 N–H and O–H groups in total. The summed E-state index contributed by atoms with van der Waals surface area (Å²) in [4.78, 5) is 0. The van der Waals surface area contributed by atoms with Crippen molar-refractivity contribution in [3.05, 3.63) is 108 Å². The van der Waals surface area contributed by atoms with E-state index in [1.165, 1.54) is 22.3 Å². The summed E-state index contributed by atoms with van der Waals surface area (Å²) in [5, 5.41) is 0. The fraction of sp³-hybridized carbons (Fsp3) is 0.333. The molecule has 0 heteroatoms. The largest absolute Gasteiger partial charge is 0.0991 e. The minimum Gasteiger partial charge on any atom is -0.0991 e. The van der Waals surface area contributed by atoms with E-state index in [9.17, 15) is 0 Å². The van der Waals surface area contributed by atoms with Crippen LogP contribution in [0.3, 0.4) is 0 Å². The van der Waals surface area contributed by atoms with Gasteiger partial charge in [0.15, 0.2) is 0 Å². The van der Waals surface area contributed by atoms with Gasteiger partial charge in [-0.25, -0.2) is 0 Å². The van der Waals surface area contributed by atoms with Gasteiger partial charge in [0, 0.05) is 10.8 Å². The van der Waals surface area contributed by atoms with Crippen LogP contribution in [0.15, 0.2) is 91.1 Å². The standard InChI is InChI=1S/C27H34/c1-7-15-22(16-8-2)26(5,9-3)24-19-14-20-25(21-24)27(6,10-4)23-17-12-11-13-18-23/h7-8,11-21H,1,9-10H2,2-6H3/b16-8-,22-15+. The number of hydrogen-bond donors (Lipinski definition) is 0. The van der Waals surface area contributed by atoms with E-state index in [1.807, 2.05) is 6.08 Å². The highest BCUT2D eigenvalue weighted by Crippen LogP contribution is 2.40. The minimum atomic E-state index is -0.0396. The van der Waals surface area contributed by atoms with Crippen molar-refractivity contribution in [1.29, 1.82) is 0 Å². The van der Waals surface area contributed by atoms with Gasteiger partial charge in [0.05, 0.1) is 0 Å². The third kappa shape index (κ3) is 4.16. The van der Waals surface area contributed by atoms with Crippen molar-refractivity contribution in [2.24, 2.45) is 0 Å². The molecular formula is C27H34. The summed E-state index contributed by atoms with van der Waals surface area (Å²) in [6.45, 7) is 15.2. The second-order valence-electron chi connectivity index (χ2n) is 7.68. The smallest absolute Gasteiger partial charge is 0.0172 e. The molecule has 0 saturated carbocycles. The van der Waals surface area contributed by atoms with Gasteiger partial charge in [-0.1, -0.05) is 113 Å². The molecule has 0 spiro atoms. The van der Waals surface area contributed by atoms with Gasteiger partial charge in [-0.3, -0.25) is 0 Å². The Labute approximate surface area is 166 Å². The van der Waals surface area contributed by atoms with E-state index >= 15 is 0 Å². The van der Waals surface area contributed by atoms with E-state index in [1.54, 1.807) is 0 Å². The molecule has 142 valence electrons. The van der Waals surface area contributed by atoms with Crippen LogP contribution in [0.25, 0.3) is 0 Å². The lowest BCUT2D eigenvalue weighted by Gasteiger charge is -2.34. The van der Waals surface area contributed by atoms with Crippen LogP contribution >= 0.6 is 0 Å². The molecule has 0 heterocycles. The molecule has 2 rings (SSSR count). The molecule has 27 heavy (non-hydrogen) atoms. The Bertz CT molecular complexity index is 809. The first-order chi connectivity index (χ1) is 13.0. The molecule has 0 fully saturated rings. The van der Waals surface area contributed by atoms with Gasteiger partial charge in [0.1, 0.15) is 0 Å². The van der Waals surface area contributed by atoms with E-state index in [0.29, 0.717) is 0 Å². The van der Waals surface area contributed by atoms with Gasteiger partial charge in [-0.05, 0) is 42.0 Å². The van der Waals surface area contributed by atoms with Crippen LogP contribution in [0.5, 0.6) is 0 Å². The maximum Gasteiger partial charge on any atom is 0.0172 e. The molecule has 0 saturated heterocycles. The van der Waals surface area contributed by atoms with Crippen LogP contribution in [0, 0.1) is 0 Å². The maximum atomic E-state index is 3.92. The highest BCUT2D eigenvalue weighted by molar-refractivity contribution is 5.47. The monoisotopic (exact) mass is 358 g/mol. The molecule has 0 aliphatic rings. The van der Waals surface area contributed by atoms with Crippen molar-refractivity contribution >= 4 is 0 Å². The average Bonchev–Trinajstić information content (AvgIpc) is 2.73. The van der Waals surface area contributed by atoms with Crippen LogP contribution in [0.1, 0.15) is 64.2 Å². The molecule has 0 amide bonds. The zero-order valence-corrected chi connectivity index (χ0v) is 17.6. The van der Waals surface area contributed by atoms with E-state index in [-0.39, 0.29) is 10.8 Å². The summed E-state index contributed by atoms with van der Waals surface area (Å²) >= 11 is 0. The molecule has 2 aromatic carbocycles. The molecule has 0 radical (unpaired) electrons. The fourth-order valence-corrected chi connectivity index (χ4v) is 3.89. The van der Waals surface area contributed by atoms with E-state index in [2.05, 4.69) is 114 Å². The van der Waals surface area contributed by atoms with Crippen molar-refractivity contribution in [2.75, 3.05) is 0 Å². The summed E-state index contributed by atoms with van der Waals surface area (Å²) in [6.07, 6.45) is 10.5. The lowest BCUT2D eigenvalue weighted by molar-refractivity contribution is 0.530. The van der Waals surface area contributed by atoms with Gasteiger partial charge >= 0.3 is 0 Å². The topological polar surface area (TPSA) is 0 Å². The first kappa shape index (κ1) is 21.0. The van der Waals surface area contributed by atoms with Crippen molar-refractivity contribution in [3.63, 3.8) is 0 Å². The average molecular weight is 359 g/mol. The second kappa shape index (κ2) is 9.04. The van der Waals surface area contributed by atoms with Crippen molar-refractivity contribution in [2.45, 2.75) is 58.3 Å². The number of rotatable bonds is 8. The predicted molar refractivity (Wildman–Crippen MR) is 120 cm³/mol. The lowest BCUT2D eigenvalue weighted by atomic mass is 9.69. The van der Waals surface area contributed by atoms with Gasteiger partial charge < -0.3 is 0 Å². The molecule has 0 nitrogen and oxygen atoms in total. The van der Waals surface area contributed by atoms with Gasteiger partial charge in [0.25, 0.3) is 0 Å². The van der Waals surface area contributed by atoms with E-state index in [0.717, 1.165) is 12.8 Å². The van der Waals surface area contributed by atoms with Crippen LogP contribution in [-0.4, -0.2) is 0 Å². The molecule has 0 bridgehead atoms. The first-order valence-electron chi connectivity index (χ1n) is 10.1. The second-order valence-corrected chi connectivity index (χ2v) is 7.68. The highest BCUT2D eigenvalue weighted by Gasteiger charge is 2.31. The maximum absolute atomic E-state index is 3.92. The SMILES string of the molecule is C=C/C=C(\C=C/C)C(C)(CC)c1cccc(C(C)(CC)c2ccccc2)c1. The molecule has 0 aromatic heterocycles. The van der Waals surface area contributed by atoms with Crippen LogP contribution in [-0.2, 0) is 10.8 Å². The van der Waals surface area contributed by atoms with Crippen LogP contribution in [0.2, 0.25) is 0 Å². The predicted octanol–water partition coefficient (Wildman–Crippen LogP) is 7.76. The van der Waals surface area contributed by atoms with Crippen molar-refractivity contribution < 1.29 is 0 Å². The molecule has 2 atom stereocenters. The van der Waals surface area contributed by atoms with Gasteiger partial charge in [-0.2, -0.15) is 0 Å². The Morgan fingerprint density at radius 1 is 0.889 bits per heavy atom. The summed E-state index contributed by atoms with van der Waals surface area (Å²) in [5.74, 6) is 0. The molecule has 0 aliphatic heterocycles. The Morgan fingerprint density at radius 3 is 2.07 bits per heavy atom. The van der Waals surface area contributed by atoms with Crippen LogP contribution in [0.4, 0.5) is 0 Å². The first-order valence-corrected chi connectivity index (χ1v) is 10.1. The summed E-state index contributed by atoms with van der Waals surface area (Å²) in [5.41, 5.74) is 5.39. The summed E-state index contributed by atoms with van der Waals surface area (Å²) in [7, 11) is 0. The Kier molecular flexibility index (Phi) is 7.02. The van der Waals surface area contributed by atoms with Crippen molar-refractivity contribution in [3.8, 4) is 0 Å². The molecule has 0 aliphatic carbocycles. The summed E-state index contributed by atoms with van der Waals surface area (Å²) in [6, 6.07) is 20.1. The fourth-order valence-electron chi connectivity index (χ4n) is 3.89. The Balaban J connectivity index is 2.61. The van der Waals surface area contributed by atoms with Crippen molar-refractivity contribution in [1.82, 2.24) is 0 Å². The van der Waals surface area contributed by atoms with E-state index < -0.39 is 0 Å². The normalized spacial score (nSPS) is 16.7. The number of allylic oxidation sites excluding steroid dienone is 5. The van der Waals surface area contributed by atoms with Gasteiger partial charge in [0.2, 0.25) is 0 Å².